The van der Waals surface area contributed by atoms with Gasteiger partial charge in [-0.1, -0.05) is 46.7 Å². The van der Waals surface area contributed by atoms with E-state index in [1.165, 1.54) is 16.2 Å². The Morgan fingerprint density at radius 1 is 1.14 bits per heavy atom. The number of pyridine rings is 1. The van der Waals surface area contributed by atoms with Gasteiger partial charge in [0, 0.05) is 7.05 Å². The number of amides is 1. The van der Waals surface area contributed by atoms with Gasteiger partial charge in [-0.15, -0.1) is 0 Å². The molecule has 0 spiro atoms. The van der Waals surface area contributed by atoms with Gasteiger partial charge in [-0.05, 0) is 24.3 Å². The summed E-state index contributed by atoms with van der Waals surface area (Å²) in [5.41, 5.74) is 0.966. The molecule has 0 saturated heterocycles. The highest BCUT2D eigenvalue weighted by molar-refractivity contribution is 7.22. The lowest BCUT2D eigenvalue weighted by Crippen LogP contribution is -2.27. The van der Waals surface area contributed by atoms with Crippen LogP contribution in [0.3, 0.4) is 0 Å². The first kappa shape index (κ1) is 14.3. The normalized spacial score (nSPS) is 10.8. The SMILES string of the molecule is CN(C(=O)c1nc(Cl)ccc1Cl)c1nc2ccccc2s1. The van der Waals surface area contributed by atoms with Gasteiger partial charge in [0.1, 0.15) is 10.8 Å². The van der Waals surface area contributed by atoms with Crippen molar-refractivity contribution in [3.05, 3.63) is 52.3 Å². The van der Waals surface area contributed by atoms with Gasteiger partial charge in [0.15, 0.2) is 5.13 Å². The number of nitrogens with zero attached hydrogens (tertiary/aromatic N) is 3. The fourth-order valence-corrected chi connectivity index (χ4v) is 3.08. The Labute approximate surface area is 135 Å². The van der Waals surface area contributed by atoms with Crippen LogP contribution in [0.5, 0.6) is 0 Å². The smallest absolute Gasteiger partial charge is 0.280 e. The quantitative estimate of drug-likeness (QED) is 0.656. The predicted octanol–water partition coefficient (Wildman–Crippen LogP) is 4.27. The van der Waals surface area contributed by atoms with Gasteiger partial charge in [-0.3, -0.25) is 9.69 Å². The molecule has 3 rings (SSSR count). The Hall–Kier alpha value is -1.69. The van der Waals surface area contributed by atoms with Crippen LogP contribution in [-0.4, -0.2) is 22.9 Å². The lowest BCUT2D eigenvalue weighted by Gasteiger charge is -2.13. The first-order valence-electron chi connectivity index (χ1n) is 6.02. The summed E-state index contributed by atoms with van der Waals surface area (Å²) in [6, 6.07) is 10.8. The van der Waals surface area contributed by atoms with Gasteiger partial charge >= 0.3 is 0 Å². The van der Waals surface area contributed by atoms with Crippen molar-refractivity contribution >= 4 is 55.8 Å². The van der Waals surface area contributed by atoms with E-state index < -0.39 is 0 Å². The Morgan fingerprint density at radius 2 is 1.90 bits per heavy atom. The van der Waals surface area contributed by atoms with Crippen molar-refractivity contribution in [2.75, 3.05) is 11.9 Å². The first-order valence-corrected chi connectivity index (χ1v) is 7.59. The second-order valence-electron chi connectivity index (χ2n) is 4.29. The summed E-state index contributed by atoms with van der Waals surface area (Å²) in [5.74, 6) is -0.346. The van der Waals surface area contributed by atoms with Crippen molar-refractivity contribution in [1.29, 1.82) is 0 Å². The van der Waals surface area contributed by atoms with E-state index in [1.807, 2.05) is 24.3 Å². The van der Waals surface area contributed by atoms with Crippen LogP contribution in [0, 0.1) is 0 Å². The van der Waals surface area contributed by atoms with Crippen molar-refractivity contribution in [1.82, 2.24) is 9.97 Å². The van der Waals surface area contributed by atoms with Gasteiger partial charge in [0.2, 0.25) is 0 Å². The van der Waals surface area contributed by atoms with E-state index in [1.54, 1.807) is 19.2 Å². The molecule has 0 saturated carbocycles. The van der Waals surface area contributed by atoms with Crippen molar-refractivity contribution < 1.29 is 4.79 Å². The van der Waals surface area contributed by atoms with Gasteiger partial charge in [0.25, 0.3) is 5.91 Å². The number of halogens is 2. The van der Waals surface area contributed by atoms with Crippen molar-refractivity contribution in [3.8, 4) is 0 Å². The molecule has 1 amide bonds. The highest BCUT2D eigenvalue weighted by Crippen LogP contribution is 2.29. The number of carbonyl (C=O) groups excluding carboxylic acids is 1. The highest BCUT2D eigenvalue weighted by Gasteiger charge is 2.21. The lowest BCUT2D eigenvalue weighted by molar-refractivity contribution is 0.0988. The van der Waals surface area contributed by atoms with Crippen LogP contribution in [0.1, 0.15) is 10.5 Å². The summed E-state index contributed by atoms with van der Waals surface area (Å²) in [5, 5.41) is 1.07. The minimum atomic E-state index is -0.346. The number of rotatable bonds is 2. The Bertz CT molecular complexity index is 801. The summed E-state index contributed by atoms with van der Waals surface area (Å²) >= 11 is 13.3. The van der Waals surface area contributed by atoms with E-state index >= 15 is 0 Å². The minimum Gasteiger partial charge on any atom is -0.286 e. The monoisotopic (exact) mass is 337 g/mol. The molecule has 0 unspecified atom stereocenters. The number of hydrogen-bond donors (Lipinski definition) is 0. The van der Waals surface area contributed by atoms with Crippen LogP contribution in [0.4, 0.5) is 5.13 Å². The molecule has 21 heavy (non-hydrogen) atoms. The third-order valence-electron chi connectivity index (χ3n) is 2.89. The maximum absolute atomic E-state index is 12.5. The van der Waals surface area contributed by atoms with Gasteiger partial charge in [-0.25, -0.2) is 9.97 Å². The number of benzene rings is 1. The second kappa shape index (κ2) is 5.60. The summed E-state index contributed by atoms with van der Waals surface area (Å²) in [6.45, 7) is 0. The van der Waals surface area contributed by atoms with E-state index in [-0.39, 0.29) is 21.8 Å². The second-order valence-corrected chi connectivity index (χ2v) is 6.10. The molecular weight excluding hydrogens is 329 g/mol. The molecule has 0 N–H and O–H groups in total. The number of aromatic nitrogens is 2. The molecule has 2 aromatic heterocycles. The number of anilines is 1. The van der Waals surface area contributed by atoms with E-state index in [9.17, 15) is 4.79 Å². The minimum absolute atomic E-state index is 0.117. The highest BCUT2D eigenvalue weighted by atomic mass is 35.5. The standard InChI is InChI=1S/C14H9Cl2N3OS/c1-19(13(20)12-8(15)6-7-11(16)18-12)14-17-9-4-2-3-5-10(9)21-14/h2-7H,1H3. The summed E-state index contributed by atoms with van der Waals surface area (Å²) in [6.07, 6.45) is 0. The fourth-order valence-electron chi connectivity index (χ4n) is 1.82. The molecule has 4 nitrogen and oxygen atoms in total. The number of fused-ring (bicyclic) bond motifs is 1. The average molecular weight is 338 g/mol. The third kappa shape index (κ3) is 2.72. The molecule has 0 radical (unpaired) electrons. The Balaban J connectivity index is 1.99. The van der Waals surface area contributed by atoms with Crippen LogP contribution < -0.4 is 4.90 Å². The molecule has 0 aliphatic rings. The third-order valence-corrected chi connectivity index (χ3v) is 4.52. The van der Waals surface area contributed by atoms with Crippen LogP contribution in [-0.2, 0) is 0 Å². The van der Waals surface area contributed by atoms with Crippen LogP contribution >= 0.6 is 34.5 Å². The molecule has 7 heteroatoms. The van der Waals surface area contributed by atoms with Crippen LogP contribution in [0.25, 0.3) is 10.2 Å². The maximum atomic E-state index is 12.5. The first-order chi connectivity index (χ1) is 10.1. The average Bonchev–Trinajstić information content (AvgIpc) is 2.92. The molecule has 0 fully saturated rings. The van der Waals surface area contributed by atoms with Crippen molar-refractivity contribution in [3.63, 3.8) is 0 Å². The Kier molecular flexibility index (Phi) is 3.80. The van der Waals surface area contributed by atoms with E-state index in [0.29, 0.717) is 5.13 Å². The largest absolute Gasteiger partial charge is 0.286 e. The molecule has 1 aromatic carbocycles. The van der Waals surface area contributed by atoms with Gasteiger partial charge in [0.05, 0.1) is 15.2 Å². The molecule has 0 atom stereocenters. The lowest BCUT2D eigenvalue weighted by atomic mass is 10.3. The fraction of sp³-hybridized carbons (Fsp3) is 0.0714. The number of hydrogen-bond acceptors (Lipinski definition) is 4. The van der Waals surface area contributed by atoms with Crippen molar-refractivity contribution in [2.24, 2.45) is 0 Å². The molecule has 3 aromatic rings. The molecule has 0 aliphatic heterocycles. The van der Waals surface area contributed by atoms with Gasteiger partial charge < -0.3 is 0 Å². The zero-order valence-electron chi connectivity index (χ0n) is 10.9. The molecular formula is C14H9Cl2N3OS. The molecule has 0 aliphatic carbocycles. The van der Waals surface area contributed by atoms with Crippen molar-refractivity contribution in [2.45, 2.75) is 0 Å². The van der Waals surface area contributed by atoms with E-state index in [2.05, 4.69) is 9.97 Å². The Morgan fingerprint density at radius 3 is 2.67 bits per heavy atom. The number of para-hydroxylation sites is 1. The van der Waals surface area contributed by atoms with Crippen LogP contribution in [0.15, 0.2) is 36.4 Å². The number of thiazole rings is 1. The zero-order chi connectivity index (χ0) is 15.0. The molecule has 0 bridgehead atoms. The van der Waals surface area contributed by atoms with E-state index in [0.717, 1.165) is 10.2 Å². The zero-order valence-corrected chi connectivity index (χ0v) is 13.2. The van der Waals surface area contributed by atoms with Gasteiger partial charge in [-0.2, -0.15) is 0 Å². The summed E-state index contributed by atoms with van der Waals surface area (Å²) < 4.78 is 1.01. The topological polar surface area (TPSA) is 46.1 Å². The number of carbonyl (C=O) groups is 1. The predicted molar refractivity (Wildman–Crippen MR) is 86.6 cm³/mol. The molecule has 106 valence electrons. The van der Waals surface area contributed by atoms with E-state index in [4.69, 9.17) is 23.2 Å². The van der Waals surface area contributed by atoms with Crippen LogP contribution in [0.2, 0.25) is 10.2 Å². The molecule has 2 heterocycles. The maximum Gasteiger partial charge on any atom is 0.280 e. The summed E-state index contributed by atoms with van der Waals surface area (Å²) in [4.78, 5) is 22.3. The summed E-state index contributed by atoms with van der Waals surface area (Å²) in [7, 11) is 1.64.